The van der Waals surface area contributed by atoms with Crippen molar-refractivity contribution in [2.75, 3.05) is 29.4 Å². The van der Waals surface area contributed by atoms with Crippen molar-refractivity contribution in [2.45, 2.75) is 13.0 Å². The van der Waals surface area contributed by atoms with E-state index in [2.05, 4.69) is 36.7 Å². The highest BCUT2D eigenvalue weighted by atomic mass is 19.1. The van der Waals surface area contributed by atoms with E-state index in [0.717, 1.165) is 12.0 Å². The zero-order valence-electron chi connectivity index (χ0n) is 15.7. The van der Waals surface area contributed by atoms with E-state index in [1.54, 1.807) is 25.6 Å². The molecule has 0 amide bonds. The van der Waals surface area contributed by atoms with Crippen LogP contribution in [0.2, 0.25) is 0 Å². The fourth-order valence-electron chi connectivity index (χ4n) is 3.42. The lowest BCUT2D eigenvalue weighted by molar-refractivity contribution is 0.526. The van der Waals surface area contributed by atoms with Crippen LogP contribution in [0, 0.1) is 5.82 Å². The molecule has 4 rings (SSSR count). The summed E-state index contributed by atoms with van der Waals surface area (Å²) in [5.74, 6) is 0.836. The molecule has 28 heavy (non-hydrogen) atoms. The second kappa shape index (κ2) is 7.34. The van der Waals surface area contributed by atoms with Gasteiger partial charge in [0, 0.05) is 62.9 Å². The van der Waals surface area contributed by atoms with Crippen LogP contribution in [0.15, 0.2) is 47.9 Å². The summed E-state index contributed by atoms with van der Waals surface area (Å²) in [6, 6.07) is 2.95. The second-order valence-corrected chi connectivity index (χ2v) is 6.75. The molecule has 9 heteroatoms. The number of piperazine rings is 1. The number of aromatic nitrogens is 5. The molecule has 144 valence electrons. The predicted molar refractivity (Wildman–Crippen MR) is 104 cm³/mol. The quantitative estimate of drug-likeness (QED) is 0.680. The molecule has 0 aromatic carbocycles. The first-order chi connectivity index (χ1) is 13.5. The molecule has 0 N–H and O–H groups in total. The number of halogens is 1. The summed E-state index contributed by atoms with van der Waals surface area (Å²) in [4.78, 5) is 33.6. The van der Waals surface area contributed by atoms with E-state index in [0.29, 0.717) is 31.3 Å². The summed E-state index contributed by atoms with van der Waals surface area (Å²) in [5, 5.41) is 0. The Morgan fingerprint density at radius 2 is 1.96 bits per heavy atom. The third-order valence-electron chi connectivity index (χ3n) is 4.92. The smallest absolute Gasteiger partial charge is 0.255 e. The minimum atomic E-state index is -0.505. The van der Waals surface area contributed by atoms with Crippen LogP contribution >= 0.6 is 0 Å². The molecule has 3 aromatic heterocycles. The van der Waals surface area contributed by atoms with Crippen LogP contribution in [-0.4, -0.2) is 50.2 Å². The van der Waals surface area contributed by atoms with Gasteiger partial charge in [-0.3, -0.25) is 19.3 Å². The standard InChI is InChI=1S/C19H20FN7O/c1-13-12-26(17-11-22-5-6-23-17)7-8-27(13)19-24-16(9-18(28)25(19)2)14-3-4-21-10-15(14)20/h3-6,9-11,13H,7-8,12H2,1-2H3/t13-/m1/s1. The van der Waals surface area contributed by atoms with Crippen molar-refractivity contribution in [2.24, 2.45) is 7.05 Å². The van der Waals surface area contributed by atoms with E-state index in [1.165, 1.54) is 22.9 Å². The van der Waals surface area contributed by atoms with E-state index >= 15 is 0 Å². The number of rotatable bonds is 3. The molecule has 0 unspecified atom stereocenters. The molecule has 4 heterocycles. The van der Waals surface area contributed by atoms with Gasteiger partial charge in [-0.25, -0.2) is 14.4 Å². The lowest BCUT2D eigenvalue weighted by atomic mass is 10.1. The van der Waals surface area contributed by atoms with Gasteiger partial charge in [-0.05, 0) is 13.0 Å². The zero-order chi connectivity index (χ0) is 19.7. The van der Waals surface area contributed by atoms with Crippen LogP contribution < -0.4 is 15.4 Å². The highest BCUT2D eigenvalue weighted by Gasteiger charge is 2.28. The Labute approximate surface area is 161 Å². The number of nitrogens with zero attached hydrogens (tertiary/aromatic N) is 7. The third kappa shape index (κ3) is 3.30. The molecule has 0 aliphatic carbocycles. The second-order valence-electron chi connectivity index (χ2n) is 6.75. The first-order valence-electron chi connectivity index (χ1n) is 9.00. The maximum atomic E-state index is 14.2. The summed E-state index contributed by atoms with van der Waals surface area (Å²) < 4.78 is 15.6. The van der Waals surface area contributed by atoms with E-state index in [1.807, 2.05) is 0 Å². The van der Waals surface area contributed by atoms with Crippen LogP contribution in [0.3, 0.4) is 0 Å². The van der Waals surface area contributed by atoms with Gasteiger partial charge in [0.1, 0.15) is 5.82 Å². The lowest BCUT2D eigenvalue weighted by Crippen LogP contribution is -2.53. The van der Waals surface area contributed by atoms with Crippen LogP contribution in [0.4, 0.5) is 16.2 Å². The number of hydrogen-bond acceptors (Lipinski definition) is 7. The Hall–Kier alpha value is -3.36. The molecule has 0 saturated carbocycles. The van der Waals surface area contributed by atoms with Gasteiger partial charge >= 0.3 is 0 Å². The molecule has 1 aliphatic rings. The van der Waals surface area contributed by atoms with Crippen LogP contribution in [0.1, 0.15) is 6.92 Å². The largest absolute Gasteiger partial charge is 0.352 e. The normalized spacial score (nSPS) is 17.0. The fraction of sp³-hybridized carbons (Fsp3) is 0.316. The van der Waals surface area contributed by atoms with Gasteiger partial charge < -0.3 is 9.80 Å². The Balaban J connectivity index is 1.66. The fourth-order valence-corrected chi connectivity index (χ4v) is 3.42. The highest BCUT2D eigenvalue weighted by Crippen LogP contribution is 2.24. The molecule has 3 aromatic rings. The molecule has 1 atom stereocenters. The van der Waals surface area contributed by atoms with Crippen molar-refractivity contribution < 1.29 is 4.39 Å². The van der Waals surface area contributed by atoms with Gasteiger partial charge in [0.15, 0.2) is 5.82 Å². The van der Waals surface area contributed by atoms with E-state index in [9.17, 15) is 9.18 Å². The maximum absolute atomic E-state index is 14.2. The van der Waals surface area contributed by atoms with Crippen molar-refractivity contribution in [1.29, 1.82) is 0 Å². The summed E-state index contributed by atoms with van der Waals surface area (Å²) in [6.07, 6.45) is 7.66. The molecule has 0 spiro atoms. The molecule has 1 aliphatic heterocycles. The molecule has 0 bridgehead atoms. The minimum Gasteiger partial charge on any atom is -0.352 e. The highest BCUT2D eigenvalue weighted by molar-refractivity contribution is 5.60. The molecule has 1 saturated heterocycles. The number of pyridine rings is 1. The predicted octanol–water partition coefficient (Wildman–Crippen LogP) is 1.49. The van der Waals surface area contributed by atoms with E-state index < -0.39 is 5.82 Å². The van der Waals surface area contributed by atoms with Crippen molar-refractivity contribution in [3.05, 3.63) is 59.3 Å². The minimum absolute atomic E-state index is 0.0754. The first kappa shape index (κ1) is 18.0. The van der Waals surface area contributed by atoms with Crippen molar-refractivity contribution in [1.82, 2.24) is 24.5 Å². The average molecular weight is 381 g/mol. The summed E-state index contributed by atoms with van der Waals surface area (Å²) in [5.41, 5.74) is 0.334. The van der Waals surface area contributed by atoms with Crippen molar-refractivity contribution in [3.63, 3.8) is 0 Å². The van der Waals surface area contributed by atoms with Gasteiger partial charge in [-0.15, -0.1) is 0 Å². The van der Waals surface area contributed by atoms with Gasteiger partial charge in [0.25, 0.3) is 5.56 Å². The topological polar surface area (TPSA) is 80.0 Å². The van der Waals surface area contributed by atoms with Crippen LogP contribution in [0.5, 0.6) is 0 Å². The van der Waals surface area contributed by atoms with Crippen LogP contribution in [0.25, 0.3) is 11.3 Å². The maximum Gasteiger partial charge on any atom is 0.255 e. The molecular weight excluding hydrogens is 361 g/mol. The van der Waals surface area contributed by atoms with E-state index in [4.69, 9.17) is 0 Å². The molecule has 8 nitrogen and oxygen atoms in total. The Bertz CT molecular complexity index is 1040. The molecular formula is C19H20FN7O. The first-order valence-corrected chi connectivity index (χ1v) is 9.00. The van der Waals surface area contributed by atoms with E-state index in [-0.39, 0.29) is 17.2 Å². The summed E-state index contributed by atoms with van der Waals surface area (Å²) in [6.45, 7) is 4.14. The Morgan fingerprint density at radius 1 is 1.14 bits per heavy atom. The van der Waals surface area contributed by atoms with Gasteiger partial charge in [-0.2, -0.15) is 0 Å². The van der Waals surface area contributed by atoms with Gasteiger partial charge in [0.05, 0.1) is 18.1 Å². The zero-order valence-corrected chi connectivity index (χ0v) is 15.7. The Kier molecular flexibility index (Phi) is 4.72. The average Bonchev–Trinajstić information content (AvgIpc) is 2.71. The lowest BCUT2D eigenvalue weighted by Gasteiger charge is -2.41. The van der Waals surface area contributed by atoms with Crippen LogP contribution in [-0.2, 0) is 7.05 Å². The number of hydrogen-bond donors (Lipinski definition) is 0. The van der Waals surface area contributed by atoms with Crippen molar-refractivity contribution >= 4 is 11.8 Å². The van der Waals surface area contributed by atoms with Gasteiger partial charge in [-0.1, -0.05) is 0 Å². The number of anilines is 2. The summed E-state index contributed by atoms with van der Waals surface area (Å²) in [7, 11) is 1.68. The molecule has 1 fully saturated rings. The SMILES string of the molecule is C[C@@H]1CN(c2cnccn2)CCN1c1nc(-c2ccncc2F)cc(=O)n1C. The monoisotopic (exact) mass is 381 g/mol. The molecule has 0 radical (unpaired) electrons. The van der Waals surface area contributed by atoms with Crippen molar-refractivity contribution in [3.8, 4) is 11.3 Å². The van der Waals surface area contributed by atoms with Gasteiger partial charge in [0.2, 0.25) is 5.95 Å². The third-order valence-corrected chi connectivity index (χ3v) is 4.92. The Morgan fingerprint density at radius 3 is 2.68 bits per heavy atom. The summed E-state index contributed by atoms with van der Waals surface area (Å²) >= 11 is 0.